The highest BCUT2D eigenvalue weighted by Crippen LogP contribution is 2.31. The Hall–Kier alpha value is -3.98. The number of hydrogen-bond acceptors (Lipinski definition) is 6. The van der Waals surface area contributed by atoms with Gasteiger partial charge in [0.2, 0.25) is 0 Å². The van der Waals surface area contributed by atoms with Crippen LogP contribution < -0.4 is 9.80 Å². The lowest BCUT2D eigenvalue weighted by Crippen LogP contribution is -2.57. The molecule has 0 spiro atoms. The minimum Gasteiger partial charge on any atom is -0.350 e. The highest BCUT2D eigenvalue weighted by atomic mass is 15.4. The molecule has 0 saturated carbocycles. The maximum atomic E-state index is 9.06. The Kier molecular flexibility index (Phi) is 5.62. The summed E-state index contributed by atoms with van der Waals surface area (Å²) in [4.78, 5) is 9.19. The van der Waals surface area contributed by atoms with Gasteiger partial charge in [-0.3, -0.25) is 0 Å². The molecule has 164 valence electrons. The number of benzene rings is 2. The summed E-state index contributed by atoms with van der Waals surface area (Å²) in [5.41, 5.74) is 2.81. The van der Waals surface area contributed by atoms with E-state index in [2.05, 4.69) is 88.3 Å². The van der Waals surface area contributed by atoms with Gasteiger partial charge in [0.1, 0.15) is 11.9 Å². The number of pyridine rings is 1. The van der Waals surface area contributed by atoms with Crippen molar-refractivity contribution in [2.24, 2.45) is 0 Å². The predicted octanol–water partition coefficient (Wildman–Crippen LogP) is 4.59. The van der Waals surface area contributed by atoms with Crippen LogP contribution >= 0.6 is 0 Å². The molecule has 1 aliphatic heterocycles. The van der Waals surface area contributed by atoms with Crippen LogP contribution in [0.5, 0.6) is 0 Å². The van der Waals surface area contributed by atoms with Gasteiger partial charge in [-0.05, 0) is 31.5 Å². The van der Waals surface area contributed by atoms with Crippen molar-refractivity contribution in [3.63, 3.8) is 0 Å². The average molecular weight is 435 g/mol. The molecule has 4 aromatic rings. The number of nitriles is 1. The fourth-order valence-electron chi connectivity index (χ4n) is 4.64. The first-order chi connectivity index (χ1) is 16.1. The van der Waals surface area contributed by atoms with Crippen molar-refractivity contribution in [1.29, 1.82) is 5.26 Å². The van der Waals surface area contributed by atoms with E-state index in [4.69, 9.17) is 10.4 Å². The molecule has 2 aromatic carbocycles. The van der Waals surface area contributed by atoms with Crippen LogP contribution in [0.4, 0.5) is 11.6 Å². The molecule has 5 rings (SSSR count). The molecule has 0 aliphatic carbocycles. The molecule has 6 heteroatoms. The number of fused-ring (bicyclic) bond motifs is 1. The third kappa shape index (κ3) is 4.10. The lowest BCUT2D eigenvalue weighted by Gasteiger charge is -2.45. The summed E-state index contributed by atoms with van der Waals surface area (Å²) in [6.45, 7) is 6.07. The Morgan fingerprint density at radius 1 is 0.848 bits per heavy atom. The zero-order chi connectivity index (χ0) is 22.8. The Bertz CT molecular complexity index is 1300. The number of aromatic nitrogens is 3. The van der Waals surface area contributed by atoms with Crippen LogP contribution in [-0.2, 0) is 6.42 Å². The van der Waals surface area contributed by atoms with E-state index >= 15 is 0 Å². The van der Waals surface area contributed by atoms with E-state index in [9.17, 15) is 0 Å². The number of anilines is 2. The van der Waals surface area contributed by atoms with E-state index in [-0.39, 0.29) is 12.1 Å². The monoisotopic (exact) mass is 434 g/mol. The quantitative estimate of drug-likeness (QED) is 0.468. The van der Waals surface area contributed by atoms with Crippen LogP contribution in [0.1, 0.15) is 30.7 Å². The van der Waals surface area contributed by atoms with Crippen molar-refractivity contribution >= 4 is 22.4 Å². The lowest BCUT2D eigenvalue weighted by atomic mass is 10.0. The molecule has 0 N–H and O–H groups in total. The normalized spacial score (nSPS) is 18.3. The average Bonchev–Trinajstić information content (AvgIpc) is 2.86. The van der Waals surface area contributed by atoms with Gasteiger partial charge in [0.05, 0.1) is 11.3 Å². The van der Waals surface area contributed by atoms with E-state index in [0.29, 0.717) is 5.56 Å². The second-order valence-electron chi connectivity index (χ2n) is 8.70. The third-order valence-electron chi connectivity index (χ3n) is 6.39. The minimum absolute atomic E-state index is 0.233. The van der Waals surface area contributed by atoms with Gasteiger partial charge in [0, 0.05) is 48.6 Å². The summed E-state index contributed by atoms with van der Waals surface area (Å²) >= 11 is 0. The Balaban J connectivity index is 1.44. The van der Waals surface area contributed by atoms with Gasteiger partial charge < -0.3 is 9.80 Å². The van der Waals surface area contributed by atoms with Gasteiger partial charge in [0.25, 0.3) is 0 Å². The Morgan fingerprint density at radius 2 is 1.55 bits per heavy atom. The van der Waals surface area contributed by atoms with Crippen molar-refractivity contribution in [1.82, 2.24) is 15.2 Å². The molecule has 1 saturated heterocycles. The molecular weight excluding hydrogens is 408 g/mol. The van der Waals surface area contributed by atoms with Gasteiger partial charge in [-0.15, -0.1) is 5.10 Å². The van der Waals surface area contributed by atoms with E-state index in [1.165, 1.54) is 5.56 Å². The van der Waals surface area contributed by atoms with Crippen molar-refractivity contribution in [3.05, 3.63) is 89.7 Å². The number of piperazine rings is 1. The third-order valence-corrected chi connectivity index (χ3v) is 6.39. The molecule has 3 heterocycles. The van der Waals surface area contributed by atoms with Crippen LogP contribution in [0.3, 0.4) is 0 Å². The lowest BCUT2D eigenvalue weighted by molar-refractivity contribution is 0.474. The summed E-state index contributed by atoms with van der Waals surface area (Å²) in [7, 11) is 0. The highest BCUT2D eigenvalue weighted by molar-refractivity contribution is 5.93. The molecule has 2 aromatic heterocycles. The fraction of sp³-hybridized carbons (Fsp3) is 0.259. The first-order valence-electron chi connectivity index (χ1n) is 11.3. The number of rotatable bonds is 4. The summed E-state index contributed by atoms with van der Waals surface area (Å²) in [5.74, 6) is 1.84. The first-order valence-corrected chi connectivity index (χ1v) is 11.3. The van der Waals surface area contributed by atoms with Crippen molar-refractivity contribution in [2.45, 2.75) is 32.4 Å². The molecule has 0 radical (unpaired) electrons. The second-order valence-corrected chi connectivity index (χ2v) is 8.70. The smallest absolute Gasteiger partial charge is 0.159 e. The number of nitrogens with zero attached hydrogens (tertiary/aromatic N) is 6. The summed E-state index contributed by atoms with van der Waals surface area (Å²) < 4.78 is 0. The van der Waals surface area contributed by atoms with Gasteiger partial charge in [-0.25, -0.2) is 4.98 Å². The van der Waals surface area contributed by atoms with Crippen LogP contribution in [0, 0.1) is 11.3 Å². The molecular formula is C27H26N6. The summed E-state index contributed by atoms with van der Waals surface area (Å²) in [6.07, 6.45) is 2.41. The van der Waals surface area contributed by atoms with Crippen LogP contribution in [-0.4, -0.2) is 40.4 Å². The van der Waals surface area contributed by atoms with Gasteiger partial charge in [-0.2, -0.15) is 10.4 Å². The summed E-state index contributed by atoms with van der Waals surface area (Å²) in [5, 5.41) is 20.8. The van der Waals surface area contributed by atoms with Crippen molar-refractivity contribution in [2.75, 3.05) is 22.9 Å². The van der Waals surface area contributed by atoms with E-state index in [1.54, 1.807) is 6.20 Å². The molecule has 2 atom stereocenters. The number of hydrogen-bond donors (Lipinski definition) is 0. The van der Waals surface area contributed by atoms with Gasteiger partial charge in [-0.1, -0.05) is 54.6 Å². The van der Waals surface area contributed by atoms with E-state index < -0.39 is 0 Å². The van der Waals surface area contributed by atoms with E-state index in [1.807, 2.05) is 18.2 Å². The Morgan fingerprint density at radius 3 is 2.27 bits per heavy atom. The SMILES string of the molecule is C[C@@H]1CN(c2nnc(Cc3ccccc3)c3ccccc23)[C@@H](C)CN1c1ccc(C#N)cn1. The van der Waals surface area contributed by atoms with Crippen LogP contribution in [0.25, 0.3) is 10.8 Å². The molecule has 0 amide bonds. The van der Waals surface area contributed by atoms with Crippen LogP contribution in [0.2, 0.25) is 0 Å². The fourth-order valence-corrected chi connectivity index (χ4v) is 4.64. The zero-order valence-corrected chi connectivity index (χ0v) is 18.9. The topological polar surface area (TPSA) is 68.9 Å². The minimum atomic E-state index is 0.233. The summed E-state index contributed by atoms with van der Waals surface area (Å²) in [6, 6.07) is 25.2. The molecule has 0 unspecified atom stereocenters. The maximum Gasteiger partial charge on any atom is 0.159 e. The first kappa shape index (κ1) is 20.9. The largest absolute Gasteiger partial charge is 0.350 e. The van der Waals surface area contributed by atoms with Crippen molar-refractivity contribution < 1.29 is 0 Å². The maximum absolute atomic E-state index is 9.06. The molecule has 33 heavy (non-hydrogen) atoms. The molecule has 0 bridgehead atoms. The standard InChI is InChI=1S/C27H26N6/c1-19-18-33(20(2)17-32(19)26-13-12-22(15-28)16-29-26)27-24-11-7-6-10-23(24)25(30-31-27)14-21-8-4-3-5-9-21/h3-13,16,19-20H,14,17-18H2,1-2H3/t19-,20+/m1/s1. The zero-order valence-electron chi connectivity index (χ0n) is 18.9. The highest BCUT2D eigenvalue weighted by Gasteiger charge is 2.32. The molecule has 1 aliphatic rings. The second kappa shape index (κ2) is 8.87. The van der Waals surface area contributed by atoms with Gasteiger partial charge >= 0.3 is 0 Å². The predicted molar refractivity (Wildman–Crippen MR) is 131 cm³/mol. The Labute approximate surface area is 194 Å². The van der Waals surface area contributed by atoms with Gasteiger partial charge in [0.15, 0.2) is 5.82 Å². The van der Waals surface area contributed by atoms with Crippen molar-refractivity contribution in [3.8, 4) is 6.07 Å². The van der Waals surface area contributed by atoms with E-state index in [0.717, 1.165) is 47.6 Å². The van der Waals surface area contributed by atoms with Crippen LogP contribution in [0.15, 0.2) is 72.9 Å². The molecule has 6 nitrogen and oxygen atoms in total. The molecule has 1 fully saturated rings.